The summed E-state index contributed by atoms with van der Waals surface area (Å²) in [5.41, 5.74) is 5.96. The van der Waals surface area contributed by atoms with Gasteiger partial charge in [-0.3, -0.25) is 4.79 Å². The first-order valence-corrected chi connectivity index (χ1v) is 8.58. The van der Waals surface area contributed by atoms with Gasteiger partial charge in [-0.15, -0.1) is 0 Å². The fourth-order valence-corrected chi connectivity index (χ4v) is 3.15. The van der Waals surface area contributed by atoms with Gasteiger partial charge in [0.2, 0.25) is 0 Å². The van der Waals surface area contributed by atoms with Crippen LogP contribution in [0.4, 0.5) is 10.5 Å². The predicted octanol–water partition coefficient (Wildman–Crippen LogP) is 3.88. The van der Waals surface area contributed by atoms with Gasteiger partial charge in [-0.1, -0.05) is 47.5 Å². The monoisotopic (exact) mass is 349 g/mol. The van der Waals surface area contributed by atoms with E-state index in [1.807, 2.05) is 63.2 Å². The molecule has 0 bridgehead atoms. The fraction of sp³-hybridized carbons (Fsp3) is 0.238. The molecule has 1 aliphatic heterocycles. The van der Waals surface area contributed by atoms with Crippen LogP contribution < -0.4 is 16.0 Å². The van der Waals surface area contributed by atoms with E-state index in [4.69, 9.17) is 0 Å². The van der Waals surface area contributed by atoms with E-state index >= 15 is 0 Å². The average molecular weight is 349 g/mol. The molecule has 0 radical (unpaired) electrons. The Morgan fingerprint density at radius 3 is 2.27 bits per heavy atom. The Bertz CT molecular complexity index is 898. The van der Waals surface area contributed by atoms with Crippen molar-refractivity contribution >= 4 is 17.6 Å². The number of allylic oxidation sites excluding steroid dienone is 1. The van der Waals surface area contributed by atoms with Gasteiger partial charge in [-0.25, -0.2) is 4.79 Å². The summed E-state index contributed by atoms with van der Waals surface area (Å²) in [5.74, 6) is -0.229. The van der Waals surface area contributed by atoms with Crippen LogP contribution >= 0.6 is 0 Å². The minimum Gasteiger partial charge on any atom is -0.327 e. The van der Waals surface area contributed by atoms with E-state index in [1.54, 1.807) is 6.92 Å². The van der Waals surface area contributed by atoms with Gasteiger partial charge in [0, 0.05) is 11.4 Å². The Morgan fingerprint density at radius 2 is 1.62 bits per heavy atom. The zero-order chi connectivity index (χ0) is 18.8. The molecule has 0 aromatic heterocycles. The summed E-state index contributed by atoms with van der Waals surface area (Å²) in [6.07, 6.45) is 0. The van der Waals surface area contributed by atoms with Crippen molar-refractivity contribution in [2.24, 2.45) is 0 Å². The summed E-state index contributed by atoms with van der Waals surface area (Å²) in [6.45, 7) is 7.72. The van der Waals surface area contributed by atoms with Crippen molar-refractivity contribution in [3.05, 3.63) is 76.0 Å². The second-order valence-corrected chi connectivity index (χ2v) is 6.75. The fourth-order valence-electron chi connectivity index (χ4n) is 3.15. The van der Waals surface area contributed by atoms with Crippen molar-refractivity contribution in [2.75, 3.05) is 5.32 Å². The number of nitrogens with one attached hydrogen (secondary N) is 3. The highest BCUT2D eigenvalue weighted by molar-refractivity contribution is 6.07. The van der Waals surface area contributed by atoms with Crippen LogP contribution in [0.3, 0.4) is 0 Å². The van der Waals surface area contributed by atoms with Crippen LogP contribution in [-0.2, 0) is 4.79 Å². The minimum atomic E-state index is -0.491. The van der Waals surface area contributed by atoms with E-state index in [-0.39, 0.29) is 11.9 Å². The first kappa shape index (κ1) is 17.7. The van der Waals surface area contributed by atoms with Crippen LogP contribution in [0.2, 0.25) is 0 Å². The van der Waals surface area contributed by atoms with E-state index in [0.29, 0.717) is 11.3 Å². The number of carbonyl (C=O) groups is 2. The Balaban J connectivity index is 1.95. The molecule has 2 aromatic carbocycles. The first-order valence-electron chi connectivity index (χ1n) is 8.58. The number of benzene rings is 2. The third kappa shape index (κ3) is 3.61. The number of hydrogen-bond donors (Lipinski definition) is 3. The van der Waals surface area contributed by atoms with Gasteiger partial charge >= 0.3 is 6.03 Å². The molecular formula is C21H23N3O2. The third-order valence-corrected chi connectivity index (χ3v) is 4.55. The third-order valence-electron chi connectivity index (χ3n) is 4.55. The summed E-state index contributed by atoms with van der Waals surface area (Å²) in [5, 5.41) is 8.53. The van der Waals surface area contributed by atoms with Crippen molar-refractivity contribution in [1.29, 1.82) is 0 Å². The lowest BCUT2D eigenvalue weighted by molar-refractivity contribution is -0.113. The van der Waals surface area contributed by atoms with Gasteiger partial charge in [-0.05, 0) is 44.9 Å². The predicted molar refractivity (Wildman–Crippen MR) is 103 cm³/mol. The maximum absolute atomic E-state index is 13.0. The van der Waals surface area contributed by atoms with Crippen molar-refractivity contribution < 1.29 is 9.59 Å². The number of urea groups is 1. The minimum absolute atomic E-state index is 0.229. The maximum atomic E-state index is 13.0. The van der Waals surface area contributed by atoms with Crippen molar-refractivity contribution in [2.45, 2.75) is 33.7 Å². The standard InChI is InChI=1S/C21H23N3O2/c1-12-5-8-16(9-6-12)19-18(15(4)22-21(26)24-19)20(25)23-17-10-7-13(2)11-14(17)3/h5-11,19H,1-4H3,(H,23,25)(H2,22,24,26). The molecule has 26 heavy (non-hydrogen) atoms. The molecule has 1 aliphatic rings. The second kappa shape index (κ2) is 7.04. The molecule has 0 fully saturated rings. The highest BCUT2D eigenvalue weighted by atomic mass is 16.2. The van der Waals surface area contributed by atoms with E-state index in [2.05, 4.69) is 16.0 Å². The van der Waals surface area contributed by atoms with Crippen molar-refractivity contribution in [3.8, 4) is 0 Å². The van der Waals surface area contributed by atoms with E-state index in [0.717, 1.165) is 27.9 Å². The number of amides is 3. The largest absolute Gasteiger partial charge is 0.327 e. The van der Waals surface area contributed by atoms with Crippen molar-refractivity contribution in [3.63, 3.8) is 0 Å². The van der Waals surface area contributed by atoms with Gasteiger partial charge in [0.15, 0.2) is 0 Å². The van der Waals surface area contributed by atoms with Crippen LogP contribution in [0, 0.1) is 20.8 Å². The second-order valence-electron chi connectivity index (χ2n) is 6.75. The molecule has 0 saturated heterocycles. The van der Waals surface area contributed by atoms with Crippen molar-refractivity contribution in [1.82, 2.24) is 10.6 Å². The summed E-state index contributed by atoms with van der Waals surface area (Å²) < 4.78 is 0. The van der Waals surface area contributed by atoms with E-state index in [9.17, 15) is 9.59 Å². The Labute approximate surface area is 153 Å². The van der Waals surface area contributed by atoms with Gasteiger partial charge in [0.1, 0.15) is 0 Å². The number of hydrogen-bond acceptors (Lipinski definition) is 2. The van der Waals surface area contributed by atoms with Crippen LogP contribution in [0.15, 0.2) is 53.7 Å². The van der Waals surface area contributed by atoms with Gasteiger partial charge in [-0.2, -0.15) is 0 Å². The molecule has 3 amide bonds. The zero-order valence-corrected chi connectivity index (χ0v) is 15.4. The van der Waals surface area contributed by atoms with Gasteiger partial charge in [0.05, 0.1) is 11.6 Å². The molecule has 2 aromatic rings. The Morgan fingerprint density at radius 1 is 0.962 bits per heavy atom. The molecule has 1 heterocycles. The summed E-state index contributed by atoms with van der Waals surface area (Å²) in [7, 11) is 0. The number of carbonyl (C=O) groups excluding carboxylic acids is 2. The summed E-state index contributed by atoms with van der Waals surface area (Å²) >= 11 is 0. The molecule has 5 heteroatoms. The quantitative estimate of drug-likeness (QED) is 0.787. The molecule has 0 saturated carbocycles. The van der Waals surface area contributed by atoms with Crippen LogP contribution in [0.1, 0.15) is 35.2 Å². The highest BCUT2D eigenvalue weighted by Crippen LogP contribution is 2.28. The molecule has 1 unspecified atom stereocenters. The lowest BCUT2D eigenvalue weighted by atomic mass is 9.94. The first-order chi connectivity index (χ1) is 12.3. The molecule has 1 atom stereocenters. The zero-order valence-electron chi connectivity index (χ0n) is 15.4. The maximum Gasteiger partial charge on any atom is 0.319 e. The number of aryl methyl sites for hydroxylation is 3. The van der Waals surface area contributed by atoms with Gasteiger partial charge < -0.3 is 16.0 Å². The topological polar surface area (TPSA) is 70.2 Å². The molecule has 3 N–H and O–H groups in total. The van der Waals surface area contributed by atoms with E-state index < -0.39 is 6.04 Å². The Hall–Kier alpha value is -3.08. The molecule has 0 aliphatic carbocycles. The number of rotatable bonds is 3. The highest BCUT2D eigenvalue weighted by Gasteiger charge is 2.31. The molecule has 134 valence electrons. The molecule has 0 spiro atoms. The number of anilines is 1. The lowest BCUT2D eigenvalue weighted by Crippen LogP contribution is -2.46. The van der Waals surface area contributed by atoms with Crippen LogP contribution in [0.25, 0.3) is 0 Å². The van der Waals surface area contributed by atoms with Gasteiger partial charge in [0.25, 0.3) is 5.91 Å². The normalized spacial score (nSPS) is 16.8. The molecular weight excluding hydrogens is 326 g/mol. The van der Waals surface area contributed by atoms with Crippen LogP contribution in [0.5, 0.6) is 0 Å². The average Bonchev–Trinajstić information content (AvgIpc) is 2.57. The summed E-state index contributed by atoms with van der Waals surface area (Å²) in [4.78, 5) is 25.0. The molecule has 3 rings (SSSR count). The SMILES string of the molecule is CC1=C(C(=O)Nc2ccc(C)cc2C)C(c2ccc(C)cc2)NC(=O)N1. The lowest BCUT2D eigenvalue weighted by Gasteiger charge is -2.29. The summed E-state index contributed by atoms with van der Waals surface area (Å²) in [6, 6.07) is 12.9. The Kier molecular flexibility index (Phi) is 4.80. The van der Waals surface area contributed by atoms with E-state index in [1.165, 1.54) is 0 Å². The smallest absolute Gasteiger partial charge is 0.319 e. The van der Waals surface area contributed by atoms with Crippen LogP contribution in [-0.4, -0.2) is 11.9 Å². The molecule has 5 nitrogen and oxygen atoms in total.